The fourth-order valence-corrected chi connectivity index (χ4v) is 2.67. The molecular weight excluding hydrogens is 328 g/mol. The number of hydrogen-bond donors (Lipinski definition) is 1. The van der Waals surface area contributed by atoms with E-state index in [1.54, 1.807) is 54.6 Å². The van der Waals surface area contributed by atoms with Crippen LogP contribution in [-0.4, -0.2) is 23.8 Å². The highest BCUT2D eigenvalue weighted by Crippen LogP contribution is 2.19. The van der Waals surface area contributed by atoms with Gasteiger partial charge in [0.25, 0.3) is 11.8 Å². The summed E-state index contributed by atoms with van der Waals surface area (Å²) in [7, 11) is 1.70. The lowest BCUT2D eigenvalue weighted by atomic mass is 10.1. The minimum absolute atomic E-state index is 0.193. The summed E-state index contributed by atoms with van der Waals surface area (Å²) in [6.45, 7) is 2.28. The van der Waals surface area contributed by atoms with Crippen molar-refractivity contribution in [1.82, 2.24) is 4.90 Å². The molecule has 2 aromatic carbocycles. The predicted molar refractivity (Wildman–Crippen MR) is 100 cm³/mol. The largest absolute Gasteiger partial charge is 0.467 e. The van der Waals surface area contributed by atoms with Crippen LogP contribution in [0, 0.1) is 6.92 Å². The molecule has 0 spiro atoms. The van der Waals surface area contributed by atoms with Crippen LogP contribution in [0.4, 0.5) is 5.69 Å². The van der Waals surface area contributed by atoms with Gasteiger partial charge in [0.2, 0.25) is 0 Å². The molecule has 0 bridgehead atoms. The van der Waals surface area contributed by atoms with Gasteiger partial charge in [0.15, 0.2) is 0 Å². The van der Waals surface area contributed by atoms with Gasteiger partial charge in [-0.3, -0.25) is 9.59 Å². The van der Waals surface area contributed by atoms with Crippen molar-refractivity contribution in [2.24, 2.45) is 0 Å². The van der Waals surface area contributed by atoms with Gasteiger partial charge in [-0.05, 0) is 43.3 Å². The molecule has 0 saturated heterocycles. The van der Waals surface area contributed by atoms with Crippen LogP contribution >= 0.6 is 0 Å². The van der Waals surface area contributed by atoms with Crippen LogP contribution in [0.2, 0.25) is 0 Å². The normalized spacial score (nSPS) is 10.4. The fourth-order valence-electron chi connectivity index (χ4n) is 2.67. The van der Waals surface area contributed by atoms with Gasteiger partial charge in [-0.1, -0.05) is 29.8 Å². The Morgan fingerprint density at radius 3 is 2.58 bits per heavy atom. The number of aryl methyl sites for hydroxylation is 1. The van der Waals surface area contributed by atoms with Gasteiger partial charge < -0.3 is 14.6 Å². The van der Waals surface area contributed by atoms with E-state index in [-0.39, 0.29) is 11.8 Å². The number of furan rings is 1. The van der Waals surface area contributed by atoms with Crippen molar-refractivity contribution < 1.29 is 14.0 Å². The number of nitrogens with one attached hydrogen (secondary N) is 1. The summed E-state index contributed by atoms with van der Waals surface area (Å²) < 4.78 is 5.29. The van der Waals surface area contributed by atoms with Crippen LogP contribution in [0.5, 0.6) is 0 Å². The number of carbonyl (C=O) groups excluding carboxylic acids is 2. The van der Waals surface area contributed by atoms with Crippen molar-refractivity contribution in [2.75, 3.05) is 12.4 Å². The molecule has 0 aliphatic heterocycles. The lowest BCUT2D eigenvalue weighted by Gasteiger charge is -2.18. The molecule has 0 unspecified atom stereocenters. The van der Waals surface area contributed by atoms with Crippen molar-refractivity contribution in [3.05, 3.63) is 89.4 Å². The Labute approximate surface area is 152 Å². The lowest BCUT2D eigenvalue weighted by Crippen LogP contribution is -2.27. The molecule has 0 atom stereocenters. The van der Waals surface area contributed by atoms with Gasteiger partial charge >= 0.3 is 0 Å². The maximum Gasteiger partial charge on any atom is 0.256 e. The van der Waals surface area contributed by atoms with Crippen molar-refractivity contribution in [1.29, 1.82) is 0 Å². The Morgan fingerprint density at radius 2 is 1.85 bits per heavy atom. The predicted octanol–water partition coefficient (Wildman–Crippen LogP) is 4.11. The molecule has 3 aromatic rings. The van der Waals surface area contributed by atoms with E-state index in [9.17, 15) is 9.59 Å². The van der Waals surface area contributed by atoms with Crippen molar-refractivity contribution in [3.8, 4) is 0 Å². The molecule has 0 radical (unpaired) electrons. The minimum Gasteiger partial charge on any atom is -0.467 e. The van der Waals surface area contributed by atoms with E-state index in [2.05, 4.69) is 5.32 Å². The van der Waals surface area contributed by atoms with E-state index < -0.39 is 0 Å². The van der Waals surface area contributed by atoms with E-state index in [0.29, 0.717) is 29.1 Å². The second-order valence-electron chi connectivity index (χ2n) is 6.11. The number of hydrogen-bond acceptors (Lipinski definition) is 3. The molecule has 1 N–H and O–H groups in total. The molecule has 5 heteroatoms. The van der Waals surface area contributed by atoms with Crippen LogP contribution < -0.4 is 5.32 Å². The van der Waals surface area contributed by atoms with Crippen LogP contribution in [0.15, 0.2) is 71.3 Å². The SMILES string of the molecule is Cc1cccc(C(=O)Nc2ccccc2C(=O)N(C)Cc2ccco2)c1. The first-order valence-electron chi connectivity index (χ1n) is 8.29. The van der Waals surface area contributed by atoms with Crippen LogP contribution in [0.1, 0.15) is 32.0 Å². The number of amides is 2. The molecule has 2 amide bonds. The van der Waals surface area contributed by atoms with E-state index in [1.165, 1.54) is 0 Å². The van der Waals surface area contributed by atoms with Gasteiger partial charge in [0, 0.05) is 12.6 Å². The third-order valence-corrected chi connectivity index (χ3v) is 4.01. The number of benzene rings is 2. The molecule has 1 aromatic heterocycles. The van der Waals surface area contributed by atoms with Gasteiger partial charge in [-0.15, -0.1) is 0 Å². The van der Waals surface area contributed by atoms with Gasteiger partial charge in [-0.2, -0.15) is 0 Å². The topological polar surface area (TPSA) is 62.6 Å². The molecule has 0 aliphatic rings. The maximum absolute atomic E-state index is 12.8. The van der Waals surface area contributed by atoms with Gasteiger partial charge in [0.05, 0.1) is 24.1 Å². The molecule has 0 saturated carbocycles. The minimum atomic E-state index is -0.248. The zero-order valence-corrected chi connectivity index (χ0v) is 14.7. The standard InChI is InChI=1S/C21H20N2O3/c1-15-7-5-8-16(13-15)20(24)22-19-11-4-3-10-18(19)21(25)23(2)14-17-9-6-12-26-17/h3-13H,14H2,1-2H3,(H,22,24). The second-order valence-corrected chi connectivity index (χ2v) is 6.11. The van der Waals surface area contributed by atoms with E-state index in [1.807, 2.05) is 31.2 Å². The van der Waals surface area contributed by atoms with Gasteiger partial charge in [-0.25, -0.2) is 0 Å². The molecule has 1 heterocycles. The molecule has 132 valence electrons. The third-order valence-electron chi connectivity index (χ3n) is 4.01. The first kappa shape index (κ1) is 17.5. The average molecular weight is 348 g/mol. The molecule has 3 rings (SSSR count). The van der Waals surface area contributed by atoms with Crippen molar-refractivity contribution >= 4 is 17.5 Å². The lowest BCUT2D eigenvalue weighted by molar-refractivity contribution is 0.0776. The Balaban J connectivity index is 1.79. The number of anilines is 1. The number of para-hydroxylation sites is 1. The summed E-state index contributed by atoms with van der Waals surface area (Å²) in [5, 5.41) is 2.84. The quantitative estimate of drug-likeness (QED) is 0.755. The Morgan fingerprint density at radius 1 is 1.04 bits per heavy atom. The Hall–Kier alpha value is -3.34. The summed E-state index contributed by atoms with van der Waals surface area (Å²) >= 11 is 0. The number of nitrogens with zero attached hydrogens (tertiary/aromatic N) is 1. The molecule has 5 nitrogen and oxygen atoms in total. The van der Waals surface area contributed by atoms with E-state index in [4.69, 9.17) is 4.42 Å². The zero-order valence-electron chi connectivity index (χ0n) is 14.7. The monoisotopic (exact) mass is 348 g/mol. The summed E-state index contributed by atoms with van der Waals surface area (Å²) in [5.41, 5.74) is 2.47. The second kappa shape index (κ2) is 7.70. The average Bonchev–Trinajstić information content (AvgIpc) is 3.14. The Bertz CT molecular complexity index is 917. The summed E-state index contributed by atoms with van der Waals surface area (Å²) in [6, 6.07) is 17.9. The van der Waals surface area contributed by atoms with Crippen LogP contribution in [0.25, 0.3) is 0 Å². The third kappa shape index (κ3) is 4.00. The van der Waals surface area contributed by atoms with Crippen LogP contribution in [0.3, 0.4) is 0 Å². The first-order valence-corrected chi connectivity index (χ1v) is 8.29. The maximum atomic E-state index is 12.8. The number of carbonyl (C=O) groups is 2. The van der Waals surface area contributed by atoms with Gasteiger partial charge in [0.1, 0.15) is 5.76 Å². The van der Waals surface area contributed by atoms with E-state index in [0.717, 1.165) is 5.56 Å². The van der Waals surface area contributed by atoms with Crippen LogP contribution in [-0.2, 0) is 6.54 Å². The highest BCUT2D eigenvalue weighted by atomic mass is 16.3. The number of rotatable bonds is 5. The van der Waals surface area contributed by atoms with Crippen molar-refractivity contribution in [3.63, 3.8) is 0 Å². The zero-order chi connectivity index (χ0) is 18.5. The molecule has 0 fully saturated rings. The summed E-state index contributed by atoms with van der Waals surface area (Å²) in [5.74, 6) is 0.256. The van der Waals surface area contributed by atoms with Crippen molar-refractivity contribution in [2.45, 2.75) is 13.5 Å². The highest BCUT2D eigenvalue weighted by molar-refractivity contribution is 6.09. The molecule has 26 heavy (non-hydrogen) atoms. The molecule has 0 aliphatic carbocycles. The highest BCUT2D eigenvalue weighted by Gasteiger charge is 2.18. The van der Waals surface area contributed by atoms with E-state index >= 15 is 0 Å². The first-order chi connectivity index (χ1) is 12.5. The smallest absolute Gasteiger partial charge is 0.256 e. The Kier molecular flexibility index (Phi) is 5.17. The fraction of sp³-hybridized carbons (Fsp3) is 0.143. The summed E-state index contributed by atoms with van der Waals surface area (Å²) in [6.07, 6.45) is 1.57. The molecular formula is C21H20N2O3. The summed E-state index contributed by atoms with van der Waals surface area (Å²) in [4.78, 5) is 26.9.